The maximum atomic E-state index is 12.8. The molecule has 0 radical (unpaired) electrons. The number of amides is 4. The van der Waals surface area contributed by atoms with Crippen LogP contribution in [0.5, 0.6) is 0 Å². The second-order valence-electron chi connectivity index (χ2n) is 6.71. The standard InChI is InChI=1S/C18H25N4O4S/c1-4-5-12-10-19-16-14(17(24)21(3)18(25)20(16)2)15(12)27-11-13(23)22-6-8-26-9-7-22/h10,14H,4-9,11H2,1-3H3/q+1. The lowest BCUT2D eigenvalue weighted by Crippen LogP contribution is -2.52. The number of aliphatic imine (C=N–C) groups is 1. The van der Waals surface area contributed by atoms with Gasteiger partial charge in [0.05, 0.1) is 33.1 Å². The molecule has 0 aromatic carbocycles. The van der Waals surface area contributed by atoms with E-state index < -0.39 is 11.9 Å². The fourth-order valence-electron chi connectivity index (χ4n) is 3.38. The Hall–Kier alpha value is -2.00. The van der Waals surface area contributed by atoms with E-state index in [9.17, 15) is 14.4 Å². The summed E-state index contributed by atoms with van der Waals surface area (Å²) >= 11 is 1.39. The molecular weight excluding hydrogens is 368 g/mol. The van der Waals surface area contributed by atoms with Crippen LogP contribution in [0, 0.1) is 5.92 Å². The summed E-state index contributed by atoms with van der Waals surface area (Å²) in [4.78, 5) is 45.8. The Bertz CT molecular complexity index is 752. The first-order valence-electron chi connectivity index (χ1n) is 9.13. The van der Waals surface area contributed by atoms with Crippen LogP contribution in [0.2, 0.25) is 0 Å². The Labute approximate surface area is 162 Å². The Morgan fingerprint density at radius 1 is 1.37 bits per heavy atom. The van der Waals surface area contributed by atoms with Crippen molar-refractivity contribution in [1.29, 1.82) is 0 Å². The lowest BCUT2D eigenvalue weighted by atomic mass is 9.96. The van der Waals surface area contributed by atoms with Gasteiger partial charge in [0.1, 0.15) is 6.21 Å². The van der Waals surface area contributed by atoms with Crippen LogP contribution in [-0.4, -0.2) is 90.4 Å². The number of nitrogens with zero attached hydrogens (tertiary/aromatic N) is 4. The van der Waals surface area contributed by atoms with E-state index in [1.807, 2.05) is 0 Å². The molecule has 4 amide bonds. The molecule has 1 unspecified atom stereocenters. The summed E-state index contributed by atoms with van der Waals surface area (Å²) in [6, 6.07) is -0.393. The zero-order valence-corrected chi connectivity index (χ0v) is 16.8. The maximum absolute atomic E-state index is 12.8. The molecule has 0 N–H and O–H groups in total. The van der Waals surface area contributed by atoms with E-state index in [4.69, 9.17) is 4.74 Å². The van der Waals surface area contributed by atoms with Crippen LogP contribution in [0.25, 0.3) is 0 Å². The van der Waals surface area contributed by atoms with E-state index in [0.29, 0.717) is 32.1 Å². The molecule has 0 aromatic rings. The molecule has 27 heavy (non-hydrogen) atoms. The number of carbonyl (C=O) groups is 3. The lowest BCUT2D eigenvalue weighted by molar-refractivity contribution is -0.407. The van der Waals surface area contributed by atoms with Crippen LogP contribution in [0.4, 0.5) is 4.79 Å². The summed E-state index contributed by atoms with van der Waals surface area (Å²) in [7, 11) is 3.11. The van der Waals surface area contributed by atoms with E-state index in [2.05, 4.69) is 11.9 Å². The molecule has 1 atom stereocenters. The Balaban J connectivity index is 1.86. The predicted molar refractivity (Wildman–Crippen MR) is 103 cm³/mol. The first-order chi connectivity index (χ1) is 13.0. The monoisotopic (exact) mass is 393 g/mol. The molecule has 3 rings (SSSR count). The highest BCUT2D eigenvalue weighted by atomic mass is 32.2. The van der Waals surface area contributed by atoms with Crippen molar-refractivity contribution >= 4 is 41.7 Å². The van der Waals surface area contributed by atoms with Gasteiger partial charge in [0.25, 0.3) is 5.84 Å². The molecule has 0 spiro atoms. The number of thioether (sulfide) groups is 1. The van der Waals surface area contributed by atoms with Crippen LogP contribution in [0.1, 0.15) is 19.8 Å². The van der Waals surface area contributed by atoms with Gasteiger partial charge in [0.15, 0.2) is 5.92 Å². The van der Waals surface area contributed by atoms with Gasteiger partial charge in [-0.2, -0.15) is 9.48 Å². The first-order valence-corrected chi connectivity index (χ1v) is 10.1. The molecule has 146 valence electrons. The number of rotatable bonds is 5. The molecule has 0 bridgehead atoms. The van der Waals surface area contributed by atoms with E-state index in [1.165, 1.54) is 23.4 Å². The van der Waals surface area contributed by atoms with Crippen molar-refractivity contribution in [2.75, 3.05) is 46.2 Å². The third-order valence-corrected chi connectivity index (χ3v) is 6.12. The van der Waals surface area contributed by atoms with Crippen LogP contribution in [0.3, 0.4) is 0 Å². The fraction of sp³-hybridized carbons (Fsp3) is 0.611. The molecule has 0 saturated carbocycles. The summed E-state index contributed by atoms with van der Waals surface area (Å²) < 4.78 is 6.71. The maximum Gasteiger partial charge on any atom is 0.445 e. The Morgan fingerprint density at radius 3 is 2.74 bits per heavy atom. The van der Waals surface area contributed by atoms with Crippen LogP contribution >= 0.6 is 11.8 Å². The average Bonchev–Trinajstić information content (AvgIpc) is 2.69. The molecule has 3 aliphatic heterocycles. The lowest BCUT2D eigenvalue weighted by Gasteiger charge is -2.29. The highest BCUT2D eigenvalue weighted by Gasteiger charge is 2.48. The van der Waals surface area contributed by atoms with Crippen molar-refractivity contribution in [1.82, 2.24) is 9.80 Å². The summed E-state index contributed by atoms with van der Waals surface area (Å²) in [5.41, 5.74) is 0.968. The molecule has 3 aliphatic rings. The normalized spacial score (nSPS) is 23.3. The van der Waals surface area contributed by atoms with Crippen LogP contribution < -0.4 is 0 Å². The third kappa shape index (κ3) is 3.84. The third-order valence-electron chi connectivity index (χ3n) is 4.92. The SMILES string of the molecule is CCCC1=C(SCC(=O)N2CCOCC2)C2C(=O)N(C)C(=O)[N+](C)=C2N=C1. The summed E-state index contributed by atoms with van der Waals surface area (Å²) in [5.74, 6) is -0.179. The minimum Gasteiger partial charge on any atom is -0.378 e. The van der Waals surface area contributed by atoms with E-state index in [1.54, 1.807) is 18.2 Å². The van der Waals surface area contributed by atoms with Crippen molar-refractivity contribution in [3.8, 4) is 0 Å². The number of hydrogen-bond donors (Lipinski definition) is 0. The average molecular weight is 393 g/mol. The summed E-state index contributed by atoms with van der Waals surface area (Å²) in [5, 5.41) is 0. The van der Waals surface area contributed by atoms with Gasteiger partial charge in [-0.05, 0) is 12.0 Å². The van der Waals surface area contributed by atoms with Gasteiger partial charge in [0.2, 0.25) is 5.91 Å². The van der Waals surface area contributed by atoms with Crippen molar-refractivity contribution < 1.29 is 23.7 Å². The molecule has 8 nitrogen and oxygen atoms in total. The van der Waals surface area contributed by atoms with Gasteiger partial charge in [-0.1, -0.05) is 13.3 Å². The molecule has 1 saturated heterocycles. The molecular formula is C18H25N4O4S+. The number of dihydropyridines is 1. The predicted octanol–water partition coefficient (Wildman–Crippen LogP) is 0.966. The fourth-order valence-corrected chi connectivity index (χ4v) is 4.55. The number of morpholine rings is 1. The number of amidine groups is 1. The number of urea groups is 1. The van der Waals surface area contributed by atoms with Crippen molar-refractivity contribution in [3.05, 3.63) is 10.5 Å². The molecule has 0 aliphatic carbocycles. The van der Waals surface area contributed by atoms with Crippen molar-refractivity contribution in [3.63, 3.8) is 0 Å². The Kier molecular flexibility index (Phi) is 6.11. The van der Waals surface area contributed by atoms with E-state index in [-0.39, 0.29) is 17.6 Å². The number of allylic oxidation sites excluding steroid dienone is 1. The smallest absolute Gasteiger partial charge is 0.378 e. The largest absolute Gasteiger partial charge is 0.445 e. The minimum atomic E-state index is -0.619. The van der Waals surface area contributed by atoms with Gasteiger partial charge in [-0.3, -0.25) is 9.59 Å². The molecule has 3 heterocycles. The van der Waals surface area contributed by atoms with Crippen molar-refractivity contribution in [2.45, 2.75) is 19.8 Å². The van der Waals surface area contributed by atoms with Crippen molar-refractivity contribution in [2.24, 2.45) is 10.9 Å². The number of imide groups is 1. The van der Waals surface area contributed by atoms with Gasteiger partial charge >= 0.3 is 11.9 Å². The summed E-state index contributed by atoms with van der Waals surface area (Å²) in [6.07, 6.45) is 3.42. The second-order valence-corrected chi connectivity index (χ2v) is 7.73. The highest BCUT2D eigenvalue weighted by molar-refractivity contribution is 8.03. The van der Waals surface area contributed by atoms with E-state index in [0.717, 1.165) is 28.2 Å². The number of hydrogen-bond acceptors (Lipinski definition) is 6. The van der Waals surface area contributed by atoms with Crippen LogP contribution in [0.15, 0.2) is 15.5 Å². The Morgan fingerprint density at radius 2 is 2.07 bits per heavy atom. The van der Waals surface area contributed by atoms with Gasteiger partial charge in [-0.15, -0.1) is 16.8 Å². The quantitative estimate of drug-likeness (QED) is 0.650. The van der Waals surface area contributed by atoms with Crippen LogP contribution in [-0.2, 0) is 14.3 Å². The highest BCUT2D eigenvalue weighted by Crippen LogP contribution is 2.36. The first kappa shape index (κ1) is 19.8. The number of fused-ring (bicyclic) bond motifs is 1. The topological polar surface area (TPSA) is 82.3 Å². The summed E-state index contributed by atoms with van der Waals surface area (Å²) in [6.45, 7) is 4.38. The molecule has 9 heteroatoms. The minimum absolute atomic E-state index is 0.0387. The number of carbonyl (C=O) groups excluding carboxylic acids is 3. The molecule has 1 fully saturated rings. The van der Waals surface area contributed by atoms with Gasteiger partial charge in [-0.25, -0.2) is 4.79 Å². The van der Waals surface area contributed by atoms with Gasteiger partial charge < -0.3 is 9.64 Å². The zero-order chi connectivity index (χ0) is 19.6. The zero-order valence-electron chi connectivity index (χ0n) is 15.9. The number of ether oxygens (including phenoxy) is 1. The van der Waals surface area contributed by atoms with Gasteiger partial charge in [0, 0.05) is 18.0 Å². The second kappa shape index (κ2) is 8.35. The molecule has 0 aromatic heterocycles. The van der Waals surface area contributed by atoms with E-state index >= 15 is 0 Å².